The van der Waals surface area contributed by atoms with Crippen molar-refractivity contribution in [2.24, 2.45) is 0 Å². The van der Waals surface area contributed by atoms with Crippen molar-refractivity contribution in [3.05, 3.63) is 0 Å². The van der Waals surface area contributed by atoms with Crippen molar-refractivity contribution < 1.29 is 21.6 Å². The highest BCUT2D eigenvalue weighted by Crippen LogP contribution is 2.09. The molecule has 0 spiro atoms. The fourth-order valence-corrected chi connectivity index (χ4v) is 2.44. The van der Waals surface area contributed by atoms with E-state index in [9.17, 15) is 13.2 Å². The highest BCUT2D eigenvalue weighted by Gasteiger charge is 2.08. The number of nitrogens with one attached hydrogen (secondary N) is 1. The first-order valence-electron chi connectivity index (χ1n) is 8.23. The monoisotopic (exact) mass is 354 g/mol. The van der Waals surface area contributed by atoms with Gasteiger partial charge in [0.25, 0.3) is 0 Å². The zero-order valence-corrected chi connectivity index (χ0v) is 15.5. The largest absolute Gasteiger partial charge is 0.399 e. The normalized spacial score (nSPS) is 11.0. The van der Waals surface area contributed by atoms with Crippen molar-refractivity contribution in [2.75, 3.05) is 20.3 Å². The minimum Gasteiger partial charge on any atom is -0.356 e. The highest BCUT2D eigenvalue weighted by molar-refractivity contribution is 7.81. The first kappa shape index (κ1) is 24.6. The summed E-state index contributed by atoms with van der Waals surface area (Å²) in [6.45, 7) is 2.63. The Labute approximate surface area is 141 Å². The van der Waals surface area contributed by atoms with E-state index < -0.39 is 10.4 Å². The molecule has 0 aliphatic carbocycles. The van der Waals surface area contributed by atoms with Gasteiger partial charge in [-0.2, -0.15) is 8.42 Å². The smallest absolute Gasteiger partial charge is 0.356 e. The van der Waals surface area contributed by atoms with Crippen LogP contribution in [0.15, 0.2) is 0 Å². The molecule has 8 heteroatoms. The highest BCUT2D eigenvalue weighted by atomic mass is 32.3. The minimum absolute atomic E-state index is 0. The van der Waals surface area contributed by atoms with Gasteiger partial charge in [-0.05, 0) is 12.8 Å². The fourth-order valence-electron chi connectivity index (χ4n) is 2.02. The summed E-state index contributed by atoms with van der Waals surface area (Å²) < 4.78 is 30.3. The summed E-state index contributed by atoms with van der Waals surface area (Å²) >= 11 is 0. The Morgan fingerprint density at radius 2 is 1.52 bits per heavy atom. The van der Waals surface area contributed by atoms with Gasteiger partial charge in [-0.25, -0.2) is 4.18 Å². The predicted octanol–water partition coefficient (Wildman–Crippen LogP) is 3.09. The van der Waals surface area contributed by atoms with Crippen LogP contribution in [0.25, 0.3) is 0 Å². The summed E-state index contributed by atoms with van der Waals surface area (Å²) in [7, 11) is -2.82. The average Bonchev–Trinajstić information content (AvgIpc) is 2.49. The lowest BCUT2D eigenvalue weighted by Gasteiger charge is -2.06. The van der Waals surface area contributed by atoms with E-state index in [0.29, 0.717) is 19.4 Å². The van der Waals surface area contributed by atoms with E-state index in [2.05, 4.69) is 20.6 Å². The van der Waals surface area contributed by atoms with E-state index in [1.165, 1.54) is 38.5 Å². The van der Waals surface area contributed by atoms with Crippen LogP contribution in [0.1, 0.15) is 71.1 Å². The standard InChI is InChI=1S/C15H31NO5S.H3N/c1-3-4-5-6-7-8-9-10-12-15(17)16-13-11-14-21-22(18,19)20-2;/h3-14H2,1-2H3,(H,16,17);1H3. The SMILES string of the molecule is CCCCCCCCCCC(=O)NCCCOS(=O)(=O)OC.N. The molecule has 0 heterocycles. The molecule has 0 radical (unpaired) electrons. The lowest BCUT2D eigenvalue weighted by atomic mass is 10.1. The number of carbonyl (C=O) groups is 1. The molecule has 0 fully saturated rings. The molecule has 0 aliphatic rings. The Kier molecular flexibility index (Phi) is 17.3. The predicted molar refractivity (Wildman–Crippen MR) is 91.8 cm³/mol. The Balaban J connectivity index is 0. The van der Waals surface area contributed by atoms with Gasteiger partial charge in [-0.1, -0.05) is 51.9 Å². The molecule has 0 aromatic rings. The van der Waals surface area contributed by atoms with Crippen LogP contribution >= 0.6 is 0 Å². The molecule has 140 valence electrons. The van der Waals surface area contributed by atoms with Gasteiger partial charge in [0.2, 0.25) is 5.91 Å². The molecule has 7 nitrogen and oxygen atoms in total. The van der Waals surface area contributed by atoms with Gasteiger partial charge < -0.3 is 11.5 Å². The summed E-state index contributed by atoms with van der Waals surface area (Å²) in [6.07, 6.45) is 10.6. The molecule has 1 amide bonds. The number of unbranched alkanes of at least 4 members (excludes halogenated alkanes) is 7. The molecule has 0 atom stereocenters. The van der Waals surface area contributed by atoms with Gasteiger partial charge in [0, 0.05) is 13.0 Å². The second-order valence-corrected chi connectivity index (χ2v) is 6.71. The Hall–Kier alpha value is -0.700. The third-order valence-electron chi connectivity index (χ3n) is 3.33. The van der Waals surface area contributed by atoms with E-state index >= 15 is 0 Å². The van der Waals surface area contributed by atoms with Gasteiger partial charge >= 0.3 is 10.4 Å². The van der Waals surface area contributed by atoms with Crippen LogP contribution in [0, 0.1) is 0 Å². The molecule has 0 aliphatic heterocycles. The van der Waals surface area contributed by atoms with Crippen LogP contribution in [0.2, 0.25) is 0 Å². The van der Waals surface area contributed by atoms with Crippen LogP contribution in [0.5, 0.6) is 0 Å². The van der Waals surface area contributed by atoms with Crippen LogP contribution in [0.3, 0.4) is 0 Å². The van der Waals surface area contributed by atoms with Gasteiger partial charge in [-0.3, -0.25) is 8.98 Å². The maximum absolute atomic E-state index is 11.5. The lowest BCUT2D eigenvalue weighted by Crippen LogP contribution is -2.25. The van der Waals surface area contributed by atoms with Crippen LogP contribution in [0.4, 0.5) is 0 Å². The molecule has 0 bridgehead atoms. The molecular formula is C15H34N2O5S. The van der Waals surface area contributed by atoms with Gasteiger partial charge in [0.1, 0.15) is 0 Å². The van der Waals surface area contributed by atoms with Crippen molar-refractivity contribution in [3.63, 3.8) is 0 Å². The maximum Gasteiger partial charge on any atom is 0.399 e. The van der Waals surface area contributed by atoms with Gasteiger partial charge in [-0.15, -0.1) is 0 Å². The van der Waals surface area contributed by atoms with Crippen LogP contribution < -0.4 is 11.5 Å². The molecule has 23 heavy (non-hydrogen) atoms. The summed E-state index contributed by atoms with van der Waals surface area (Å²) in [4.78, 5) is 11.5. The van der Waals surface area contributed by atoms with Crippen LogP contribution in [-0.4, -0.2) is 34.6 Å². The zero-order chi connectivity index (χ0) is 16.7. The maximum atomic E-state index is 11.5. The Bertz CT molecular complexity index is 374. The van der Waals surface area contributed by atoms with Crippen LogP contribution in [-0.2, 0) is 23.6 Å². The molecule has 0 aromatic heterocycles. The van der Waals surface area contributed by atoms with E-state index in [4.69, 9.17) is 0 Å². The number of hydrogen-bond acceptors (Lipinski definition) is 6. The van der Waals surface area contributed by atoms with E-state index in [0.717, 1.165) is 20.0 Å². The summed E-state index contributed by atoms with van der Waals surface area (Å²) in [5.41, 5.74) is 0. The first-order chi connectivity index (χ1) is 10.5. The van der Waals surface area contributed by atoms with Crippen molar-refractivity contribution >= 4 is 16.3 Å². The minimum atomic E-state index is -3.86. The number of hydrogen-bond donors (Lipinski definition) is 2. The molecule has 4 N–H and O–H groups in total. The molecule has 0 saturated carbocycles. The number of rotatable bonds is 15. The summed E-state index contributed by atoms with van der Waals surface area (Å²) in [6, 6.07) is 0. The molecule has 0 saturated heterocycles. The number of carbonyl (C=O) groups excluding carboxylic acids is 1. The topological polar surface area (TPSA) is 117 Å². The van der Waals surface area contributed by atoms with E-state index in [-0.39, 0.29) is 18.7 Å². The van der Waals surface area contributed by atoms with Crippen molar-refractivity contribution in [2.45, 2.75) is 71.1 Å². The molecular weight excluding hydrogens is 320 g/mol. The lowest BCUT2D eigenvalue weighted by molar-refractivity contribution is -0.121. The number of amides is 1. The van der Waals surface area contributed by atoms with E-state index in [1.54, 1.807) is 0 Å². The molecule has 0 unspecified atom stereocenters. The first-order valence-corrected chi connectivity index (χ1v) is 9.57. The van der Waals surface area contributed by atoms with Crippen molar-refractivity contribution in [3.8, 4) is 0 Å². The second kappa shape index (κ2) is 16.2. The average molecular weight is 355 g/mol. The third-order valence-corrected chi connectivity index (χ3v) is 4.20. The van der Waals surface area contributed by atoms with Gasteiger partial charge in [0.15, 0.2) is 0 Å². The fraction of sp³-hybridized carbons (Fsp3) is 0.933. The van der Waals surface area contributed by atoms with Crippen molar-refractivity contribution in [1.29, 1.82) is 0 Å². The quantitative estimate of drug-likeness (QED) is 0.436. The molecule has 0 aromatic carbocycles. The van der Waals surface area contributed by atoms with Crippen molar-refractivity contribution in [1.82, 2.24) is 11.5 Å². The summed E-state index contributed by atoms with van der Waals surface area (Å²) in [5, 5.41) is 2.75. The Morgan fingerprint density at radius 1 is 0.957 bits per heavy atom. The third kappa shape index (κ3) is 17.5. The van der Waals surface area contributed by atoms with Gasteiger partial charge in [0.05, 0.1) is 13.7 Å². The molecule has 0 rings (SSSR count). The van der Waals surface area contributed by atoms with E-state index in [1.807, 2.05) is 0 Å². The zero-order valence-electron chi connectivity index (χ0n) is 14.6. The second-order valence-electron chi connectivity index (χ2n) is 5.33. The Morgan fingerprint density at radius 3 is 2.09 bits per heavy atom. The summed E-state index contributed by atoms with van der Waals surface area (Å²) in [5.74, 6) is 0.0144.